The number of nitrogens with zero attached hydrogens (tertiary/aromatic N) is 4. The molecule has 0 fully saturated rings. The summed E-state index contributed by atoms with van der Waals surface area (Å²) in [6.45, 7) is 1.24. The SMILES string of the molecule is COc1ccc2c(c1)CCN(C(=O)c1cnn(-c3ccccc3)n1)C2. The molecule has 6 heteroatoms. The minimum Gasteiger partial charge on any atom is -0.497 e. The van der Waals surface area contributed by atoms with Gasteiger partial charge in [0.2, 0.25) is 0 Å². The number of ether oxygens (including phenoxy) is 1. The fourth-order valence-electron chi connectivity index (χ4n) is 3.04. The third-order valence-corrected chi connectivity index (χ3v) is 4.41. The fraction of sp³-hybridized carbons (Fsp3) is 0.211. The van der Waals surface area contributed by atoms with E-state index in [1.54, 1.807) is 7.11 Å². The summed E-state index contributed by atoms with van der Waals surface area (Å²) < 4.78 is 5.27. The summed E-state index contributed by atoms with van der Waals surface area (Å²) in [5.74, 6) is 0.757. The van der Waals surface area contributed by atoms with Crippen LogP contribution in [0.4, 0.5) is 0 Å². The molecule has 1 aliphatic heterocycles. The predicted octanol–water partition coefficient (Wildman–Crippen LogP) is 2.47. The smallest absolute Gasteiger partial charge is 0.276 e. The number of carbonyl (C=O) groups is 1. The van der Waals surface area contributed by atoms with E-state index in [0.29, 0.717) is 18.8 Å². The Balaban J connectivity index is 1.53. The summed E-state index contributed by atoms with van der Waals surface area (Å²) in [5.41, 5.74) is 3.57. The van der Waals surface area contributed by atoms with E-state index in [1.807, 2.05) is 53.4 Å². The number of rotatable bonds is 3. The van der Waals surface area contributed by atoms with Gasteiger partial charge in [-0.25, -0.2) is 0 Å². The van der Waals surface area contributed by atoms with Crippen molar-refractivity contribution in [3.8, 4) is 11.4 Å². The maximum absolute atomic E-state index is 12.8. The molecule has 0 unspecified atom stereocenters. The minimum absolute atomic E-state index is 0.0938. The van der Waals surface area contributed by atoms with E-state index in [0.717, 1.165) is 23.4 Å². The second-order valence-electron chi connectivity index (χ2n) is 5.97. The highest BCUT2D eigenvalue weighted by Crippen LogP contribution is 2.24. The van der Waals surface area contributed by atoms with Crippen molar-refractivity contribution >= 4 is 5.91 Å². The summed E-state index contributed by atoms with van der Waals surface area (Å²) in [6.07, 6.45) is 2.34. The number of methoxy groups -OCH3 is 1. The average Bonchev–Trinajstić information content (AvgIpc) is 3.17. The van der Waals surface area contributed by atoms with Crippen molar-refractivity contribution in [3.63, 3.8) is 0 Å². The number of amides is 1. The molecular weight excluding hydrogens is 316 g/mol. The number of benzene rings is 2. The Labute approximate surface area is 145 Å². The lowest BCUT2D eigenvalue weighted by Crippen LogP contribution is -2.36. The van der Waals surface area contributed by atoms with E-state index in [2.05, 4.69) is 10.2 Å². The van der Waals surface area contributed by atoms with Crippen molar-refractivity contribution in [2.45, 2.75) is 13.0 Å². The Kier molecular flexibility index (Phi) is 3.93. The van der Waals surface area contributed by atoms with Gasteiger partial charge >= 0.3 is 0 Å². The molecule has 4 rings (SSSR count). The van der Waals surface area contributed by atoms with Crippen molar-refractivity contribution < 1.29 is 9.53 Å². The number of hydrogen-bond acceptors (Lipinski definition) is 4. The van der Waals surface area contributed by atoms with Gasteiger partial charge < -0.3 is 9.64 Å². The Hall–Kier alpha value is -3.15. The van der Waals surface area contributed by atoms with Crippen LogP contribution in [-0.4, -0.2) is 39.5 Å². The summed E-state index contributed by atoms with van der Waals surface area (Å²) >= 11 is 0. The van der Waals surface area contributed by atoms with E-state index in [9.17, 15) is 4.79 Å². The first-order chi connectivity index (χ1) is 12.2. The van der Waals surface area contributed by atoms with Gasteiger partial charge in [0.05, 0.1) is 19.0 Å². The largest absolute Gasteiger partial charge is 0.497 e. The zero-order valence-corrected chi connectivity index (χ0v) is 13.9. The van der Waals surface area contributed by atoms with Gasteiger partial charge in [-0.15, -0.1) is 5.10 Å². The van der Waals surface area contributed by atoms with Crippen LogP contribution in [0.5, 0.6) is 5.75 Å². The molecule has 25 heavy (non-hydrogen) atoms. The molecule has 0 radical (unpaired) electrons. The number of para-hydroxylation sites is 1. The molecule has 0 N–H and O–H groups in total. The molecule has 0 spiro atoms. The third kappa shape index (κ3) is 2.98. The van der Waals surface area contributed by atoms with Crippen molar-refractivity contribution in [3.05, 3.63) is 71.5 Å². The number of fused-ring (bicyclic) bond motifs is 1. The van der Waals surface area contributed by atoms with Crippen molar-refractivity contribution in [1.82, 2.24) is 19.9 Å². The zero-order valence-electron chi connectivity index (χ0n) is 13.9. The maximum Gasteiger partial charge on any atom is 0.276 e. The first-order valence-corrected chi connectivity index (χ1v) is 8.17. The first kappa shape index (κ1) is 15.4. The predicted molar refractivity (Wildman–Crippen MR) is 92.8 cm³/mol. The van der Waals surface area contributed by atoms with Crippen molar-refractivity contribution in [1.29, 1.82) is 0 Å². The van der Waals surface area contributed by atoms with Crippen LogP contribution >= 0.6 is 0 Å². The molecule has 6 nitrogen and oxygen atoms in total. The lowest BCUT2D eigenvalue weighted by molar-refractivity contribution is 0.0728. The van der Waals surface area contributed by atoms with Crippen LogP contribution in [0, 0.1) is 0 Å². The second kappa shape index (κ2) is 6.39. The summed E-state index contributed by atoms with van der Waals surface area (Å²) in [5, 5.41) is 8.54. The molecule has 2 heterocycles. The standard InChI is InChI=1S/C19H18N4O2/c1-25-17-8-7-15-13-22(10-9-14(15)11-17)19(24)18-12-20-23(21-18)16-5-3-2-4-6-16/h2-8,11-12H,9-10,13H2,1H3. The van der Waals surface area contributed by atoms with Crippen LogP contribution in [0.15, 0.2) is 54.7 Å². The van der Waals surface area contributed by atoms with Crippen molar-refractivity contribution in [2.75, 3.05) is 13.7 Å². The first-order valence-electron chi connectivity index (χ1n) is 8.17. The van der Waals surface area contributed by atoms with E-state index < -0.39 is 0 Å². The third-order valence-electron chi connectivity index (χ3n) is 4.41. The van der Waals surface area contributed by atoms with Gasteiger partial charge in [0.25, 0.3) is 5.91 Å². The molecule has 0 atom stereocenters. The molecular formula is C19H18N4O2. The highest BCUT2D eigenvalue weighted by molar-refractivity contribution is 5.92. The van der Waals surface area contributed by atoms with Crippen LogP contribution in [0.1, 0.15) is 21.6 Å². The van der Waals surface area contributed by atoms with Crippen LogP contribution in [0.3, 0.4) is 0 Å². The van der Waals surface area contributed by atoms with Gasteiger partial charge in [-0.1, -0.05) is 24.3 Å². The Morgan fingerprint density at radius 3 is 2.76 bits per heavy atom. The topological polar surface area (TPSA) is 60.2 Å². The zero-order chi connectivity index (χ0) is 17.2. The lowest BCUT2D eigenvalue weighted by Gasteiger charge is -2.28. The van der Waals surface area contributed by atoms with Gasteiger partial charge in [-0.3, -0.25) is 4.79 Å². The molecule has 1 amide bonds. The molecule has 1 aromatic heterocycles. The summed E-state index contributed by atoms with van der Waals surface area (Å²) in [6, 6.07) is 15.6. The normalized spacial score (nSPS) is 13.4. The van der Waals surface area contributed by atoms with Crippen LogP contribution < -0.4 is 4.74 Å². The highest BCUT2D eigenvalue weighted by Gasteiger charge is 2.24. The monoisotopic (exact) mass is 334 g/mol. The molecule has 1 aliphatic rings. The van der Waals surface area contributed by atoms with Gasteiger partial charge in [0, 0.05) is 13.1 Å². The minimum atomic E-state index is -0.0938. The molecule has 0 saturated heterocycles. The van der Waals surface area contributed by atoms with E-state index in [1.165, 1.54) is 16.6 Å². The summed E-state index contributed by atoms with van der Waals surface area (Å²) in [7, 11) is 1.66. The van der Waals surface area contributed by atoms with Gasteiger partial charge in [0.1, 0.15) is 5.75 Å². The van der Waals surface area contributed by atoms with E-state index in [4.69, 9.17) is 4.74 Å². The van der Waals surface area contributed by atoms with E-state index in [-0.39, 0.29) is 5.91 Å². The summed E-state index contributed by atoms with van der Waals surface area (Å²) in [4.78, 5) is 16.1. The molecule has 3 aromatic rings. The lowest BCUT2D eigenvalue weighted by atomic mass is 9.99. The number of carbonyl (C=O) groups excluding carboxylic acids is 1. The number of aromatic nitrogens is 3. The Morgan fingerprint density at radius 1 is 1.12 bits per heavy atom. The molecule has 126 valence electrons. The Bertz CT molecular complexity index is 905. The fourth-order valence-corrected chi connectivity index (χ4v) is 3.04. The highest BCUT2D eigenvalue weighted by atomic mass is 16.5. The Morgan fingerprint density at radius 2 is 1.96 bits per heavy atom. The quantitative estimate of drug-likeness (QED) is 0.738. The van der Waals surface area contributed by atoms with Crippen molar-refractivity contribution in [2.24, 2.45) is 0 Å². The van der Waals surface area contributed by atoms with Gasteiger partial charge in [-0.05, 0) is 41.8 Å². The van der Waals surface area contributed by atoms with E-state index >= 15 is 0 Å². The van der Waals surface area contributed by atoms with Gasteiger partial charge in [0.15, 0.2) is 5.69 Å². The van der Waals surface area contributed by atoms with Crippen LogP contribution in [0.2, 0.25) is 0 Å². The molecule has 0 bridgehead atoms. The second-order valence-corrected chi connectivity index (χ2v) is 5.97. The average molecular weight is 334 g/mol. The number of hydrogen-bond donors (Lipinski definition) is 0. The van der Waals surface area contributed by atoms with Crippen LogP contribution in [0.25, 0.3) is 5.69 Å². The van der Waals surface area contributed by atoms with Gasteiger partial charge in [-0.2, -0.15) is 9.90 Å². The maximum atomic E-state index is 12.8. The molecule has 0 aliphatic carbocycles. The molecule has 0 saturated carbocycles. The molecule has 2 aromatic carbocycles. The van der Waals surface area contributed by atoms with Crippen LogP contribution in [-0.2, 0) is 13.0 Å².